The van der Waals surface area contributed by atoms with Crippen LogP contribution >= 0.6 is 11.6 Å². The van der Waals surface area contributed by atoms with Crippen molar-refractivity contribution in [2.75, 3.05) is 36.6 Å². The van der Waals surface area contributed by atoms with Crippen LogP contribution in [-0.2, 0) is 28.7 Å². The maximum atomic E-state index is 15.2. The van der Waals surface area contributed by atoms with Crippen LogP contribution in [-0.4, -0.2) is 44.3 Å². The Kier molecular flexibility index (Phi) is 8.66. The number of isocyanates is 1. The summed E-state index contributed by atoms with van der Waals surface area (Å²) in [4.78, 5) is 31.3. The highest BCUT2D eigenvalue weighted by molar-refractivity contribution is 6.30. The van der Waals surface area contributed by atoms with E-state index in [2.05, 4.69) is 4.99 Å². The Balaban J connectivity index is 1.35. The summed E-state index contributed by atoms with van der Waals surface area (Å²) >= 11 is 5.83. The average Bonchev–Trinajstić information content (AvgIpc) is 2.99. The Morgan fingerprint density at radius 2 is 1.77 bits per heavy atom. The van der Waals surface area contributed by atoms with E-state index in [1.54, 1.807) is 42.4 Å². The number of hydrogen-bond acceptors (Lipinski definition) is 6. The van der Waals surface area contributed by atoms with E-state index >= 15 is 4.39 Å². The first-order valence-corrected chi connectivity index (χ1v) is 14.0. The molecule has 2 heterocycles. The molecule has 0 aliphatic carbocycles. The molecule has 3 aromatic rings. The zero-order valence-electron chi connectivity index (χ0n) is 23.2. The number of fused-ring (bicyclic) bond motifs is 1. The Morgan fingerprint density at radius 1 is 1.05 bits per heavy atom. The van der Waals surface area contributed by atoms with Crippen molar-refractivity contribution in [3.05, 3.63) is 82.1 Å². The minimum absolute atomic E-state index is 0.00396. The normalized spacial score (nSPS) is 16.4. The highest BCUT2D eigenvalue weighted by Crippen LogP contribution is 2.42. The highest BCUT2D eigenvalue weighted by Gasteiger charge is 2.40. The molecular formula is C31H28ClF4N3O4. The summed E-state index contributed by atoms with van der Waals surface area (Å²) in [7, 11) is 1.55. The van der Waals surface area contributed by atoms with Gasteiger partial charge in [0.15, 0.2) is 0 Å². The summed E-state index contributed by atoms with van der Waals surface area (Å²) in [5.41, 5.74) is -0.447. The second-order valence-corrected chi connectivity index (χ2v) is 11.0. The third-order valence-corrected chi connectivity index (χ3v) is 8.16. The molecular weight excluding hydrogens is 590 g/mol. The largest absolute Gasteiger partial charge is 0.497 e. The molecule has 0 aromatic heterocycles. The molecule has 0 saturated carbocycles. The van der Waals surface area contributed by atoms with Gasteiger partial charge in [0.05, 0.1) is 24.9 Å². The Morgan fingerprint density at radius 3 is 2.42 bits per heavy atom. The van der Waals surface area contributed by atoms with Crippen LogP contribution in [0.3, 0.4) is 0 Å². The van der Waals surface area contributed by atoms with Gasteiger partial charge in [-0.3, -0.25) is 4.79 Å². The zero-order valence-corrected chi connectivity index (χ0v) is 24.0. The molecule has 226 valence electrons. The van der Waals surface area contributed by atoms with Gasteiger partial charge < -0.3 is 19.3 Å². The van der Waals surface area contributed by atoms with Crippen LogP contribution in [0.5, 0.6) is 11.5 Å². The van der Waals surface area contributed by atoms with Crippen molar-refractivity contribution in [3.63, 3.8) is 0 Å². The number of halogens is 5. The minimum atomic E-state index is -4.59. The summed E-state index contributed by atoms with van der Waals surface area (Å²) in [6, 6.07) is 13.5. The topological polar surface area (TPSA) is 71.4 Å². The van der Waals surface area contributed by atoms with Crippen molar-refractivity contribution >= 4 is 35.0 Å². The first kappa shape index (κ1) is 30.4. The fourth-order valence-corrected chi connectivity index (χ4v) is 5.77. The summed E-state index contributed by atoms with van der Waals surface area (Å²) < 4.78 is 67.6. The van der Waals surface area contributed by atoms with Gasteiger partial charge in [0.2, 0.25) is 12.0 Å². The summed E-state index contributed by atoms with van der Waals surface area (Å²) in [5.74, 6) is 0.210. The van der Waals surface area contributed by atoms with Crippen molar-refractivity contribution < 1.29 is 36.6 Å². The maximum Gasteiger partial charge on any atom is 0.418 e. The van der Waals surface area contributed by atoms with Gasteiger partial charge in [0.1, 0.15) is 29.5 Å². The lowest BCUT2D eigenvalue weighted by atomic mass is 9.88. The van der Waals surface area contributed by atoms with Crippen LogP contribution in [0.4, 0.5) is 28.9 Å². The van der Waals surface area contributed by atoms with Gasteiger partial charge in [-0.05, 0) is 67.3 Å². The number of rotatable bonds is 8. The van der Waals surface area contributed by atoms with Crippen molar-refractivity contribution in [1.29, 1.82) is 0 Å². The molecule has 0 atom stereocenters. The first-order valence-electron chi connectivity index (χ1n) is 13.6. The molecule has 0 N–H and O–H groups in total. The van der Waals surface area contributed by atoms with E-state index in [9.17, 15) is 22.8 Å². The number of aliphatic imine (C=N–C) groups is 1. The standard InChI is InChI=1S/C31H28ClF4N3O4/c1-42-22-5-2-20(3-6-22)17-39-28(41)11-7-23-27(10-8-25(33)29(23)39)43-18-30(37-19-40)12-14-38(15-13-30)26-9-4-21(32)16-24(26)31(34,35)36/h2-6,8-10,16H,7,11-15,17-18H2,1H3. The van der Waals surface area contributed by atoms with Gasteiger partial charge in [-0.1, -0.05) is 23.7 Å². The maximum absolute atomic E-state index is 15.2. The number of benzene rings is 3. The molecule has 0 bridgehead atoms. The Hall–Kier alpha value is -4.08. The van der Waals surface area contributed by atoms with Crippen LogP contribution in [0.2, 0.25) is 5.02 Å². The van der Waals surface area contributed by atoms with Gasteiger partial charge in [0.25, 0.3) is 0 Å². The molecule has 0 radical (unpaired) electrons. The minimum Gasteiger partial charge on any atom is -0.497 e. The van der Waals surface area contributed by atoms with E-state index in [4.69, 9.17) is 21.1 Å². The monoisotopic (exact) mass is 617 g/mol. The van der Waals surface area contributed by atoms with E-state index in [0.717, 1.165) is 11.6 Å². The van der Waals surface area contributed by atoms with Crippen LogP contribution in [0.25, 0.3) is 0 Å². The van der Waals surface area contributed by atoms with E-state index in [-0.39, 0.29) is 74.2 Å². The number of carbonyl (C=O) groups excluding carboxylic acids is 2. The second kappa shape index (κ2) is 12.3. The fraction of sp³-hybridized carbons (Fsp3) is 0.355. The van der Waals surface area contributed by atoms with Crippen molar-refractivity contribution in [1.82, 2.24) is 0 Å². The van der Waals surface area contributed by atoms with Gasteiger partial charge in [-0.15, -0.1) is 0 Å². The number of hydrogen-bond donors (Lipinski definition) is 0. The molecule has 12 heteroatoms. The SMILES string of the molecule is COc1ccc(CN2C(=O)CCc3c(OCC4(N=C=O)CCN(c5ccc(Cl)cc5C(F)(F)F)CC4)ccc(F)c32)cc1. The van der Waals surface area contributed by atoms with Crippen LogP contribution in [0.15, 0.2) is 59.6 Å². The van der Waals surface area contributed by atoms with E-state index in [0.29, 0.717) is 17.1 Å². The first-order chi connectivity index (χ1) is 20.5. The molecule has 1 amide bonds. The average molecular weight is 618 g/mol. The van der Waals surface area contributed by atoms with Crippen molar-refractivity contribution in [3.8, 4) is 11.5 Å². The molecule has 2 aliphatic heterocycles. The molecule has 0 unspecified atom stereocenters. The third-order valence-electron chi connectivity index (χ3n) is 7.93. The molecule has 2 aliphatic rings. The van der Waals surface area contributed by atoms with E-state index in [1.807, 2.05) is 0 Å². The number of ether oxygens (including phenoxy) is 2. The molecule has 1 fully saturated rings. The Bertz CT molecular complexity index is 1550. The molecule has 43 heavy (non-hydrogen) atoms. The predicted molar refractivity (Wildman–Crippen MR) is 153 cm³/mol. The number of methoxy groups -OCH3 is 1. The fourth-order valence-electron chi connectivity index (χ4n) is 5.60. The smallest absolute Gasteiger partial charge is 0.418 e. The second-order valence-electron chi connectivity index (χ2n) is 10.6. The lowest BCUT2D eigenvalue weighted by Crippen LogP contribution is -2.47. The molecule has 3 aromatic carbocycles. The third kappa shape index (κ3) is 6.48. The van der Waals surface area contributed by atoms with Crippen LogP contribution in [0, 0.1) is 5.82 Å². The summed E-state index contributed by atoms with van der Waals surface area (Å²) in [6.07, 6.45) is -2.16. The van der Waals surface area contributed by atoms with E-state index < -0.39 is 23.1 Å². The highest BCUT2D eigenvalue weighted by atomic mass is 35.5. The number of alkyl halides is 3. The van der Waals surface area contributed by atoms with Crippen molar-refractivity contribution in [2.45, 2.75) is 43.9 Å². The van der Waals surface area contributed by atoms with Gasteiger partial charge in [-0.2, -0.15) is 18.2 Å². The zero-order chi connectivity index (χ0) is 30.8. The summed E-state index contributed by atoms with van der Waals surface area (Å²) in [6.45, 7) is 0.416. The van der Waals surface area contributed by atoms with Gasteiger partial charge in [-0.25, -0.2) is 9.18 Å². The molecule has 1 saturated heterocycles. The summed E-state index contributed by atoms with van der Waals surface area (Å²) in [5, 5.41) is -0.0201. The lowest BCUT2D eigenvalue weighted by molar-refractivity contribution is -0.137. The Labute approximate surface area is 250 Å². The van der Waals surface area contributed by atoms with E-state index in [1.165, 1.54) is 29.2 Å². The number of anilines is 2. The van der Waals surface area contributed by atoms with Crippen LogP contribution < -0.4 is 19.3 Å². The number of piperidine rings is 1. The molecule has 7 nitrogen and oxygen atoms in total. The quantitative estimate of drug-likeness (QED) is 0.159. The number of amides is 1. The van der Waals surface area contributed by atoms with Gasteiger partial charge >= 0.3 is 6.18 Å². The number of carbonyl (C=O) groups is 1. The van der Waals surface area contributed by atoms with Crippen LogP contribution in [0.1, 0.15) is 36.0 Å². The van der Waals surface area contributed by atoms with Gasteiger partial charge in [0, 0.05) is 35.8 Å². The molecule has 5 rings (SSSR count). The predicted octanol–water partition coefficient (Wildman–Crippen LogP) is 6.74. The number of nitrogens with zero attached hydrogens (tertiary/aromatic N) is 3. The lowest BCUT2D eigenvalue weighted by Gasteiger charge is -2.40. The molecule has 0 spiro atoms. The van der Waals surface area contributed by atoms with Crippen molar-refractivity contribution in [2.24, 2.45) is 4.99 Å².